The van der Waals surface area contributed by atoms with E-state index in [0.29, 0.717) is 35.1 Å². The largest absolute Gasteiger partial charge is 0.497 e. The number of rotatable bonds is 6. The van der Waals surface area contributed by atoms with Crippen LogP contribution >= 0.6 is 0 Å². The summed E-state index contributed by atoms with van der Waals surface area (Å²) < 4.78 is 22.0. The molecule has 0 spiro atoms. The van der Waals surface area contributed by atoms with Gasteiger partial charge < -0.3 is 24.3 Å². The Labute approximate surface area is 153 Å². The third-order valence-electron chi connectivity index (χ3n) is 4.16. The highest BCUT2D eigenvalue weighted by Gasteiger charge is 2.23. The van der Waals surface area contributed by atoms with E-state index >= 15 is 0 Å². The number of nitrogens with one attached hydrogen (secondary N) is 1. The molecule has 0 aliphatic carbocycles. The Morgan fingerprint density at radius 2 is 1.85 bits per heavy atom. The van der Waals surface area contributed by atoms with Crippen LogP contribution < -0.4 is 24.3 Å². The van der Waals surface area contributed by atoms with Crippen LogP contribution in [-0.4, -0.2) is 32.8 Å². The molecule has 0 aromatic heterocycles. The van der Waals surface area contributed by atoms with Gasteiger partial charge in [-0.15, -0.1) is 0 Å². The molecule has 0 unspecified atom stereocenters. The second kappa shape index (κ2) is 7.56. The van der Waals surface area contributed by atoms with Crippen molar-refractivity contribution in [3.63, 3.8) is 0 Å². The fraction of sp³-hybridized carbons (Fsp3) is 0.350. The van der Waals surface area contributed by atoms with Gasteiger partial charge in [-0.05, 0) is 32.0 Å². The van der Waals surface area contributed by atoms with Crippen LogP contribution in [0.5, 0.6) is 23.0 Å². The number of carbonyl (C=O) groups is 1. The van der Waals surface area contributed by atoms with Crippen LogP contribution in [-0.2, 0) is 6.42 Å². The molecule has 1 atom stereocenters. The minimum atomic E-state index is -0.283. The number of amides is 1. The molecule has 3 rings (SSSR count). The van der Waals surface area contributed by atoms with E-state index in [4.69, 9.17) is 18.9 Å². The average molecular weight is 357 g/mol. The number of ether oxygens (including phenoxy) is 4. The molecular weight excluding hydrogens is 334 g/mol. The Bertz CT molecular complexity index is 796. The summed E-state index contributed by atoms with van der Waals surface area (Å²) in [4.78, 5) is 12.8. The lowest BCUT2D eigenvalue weighted by molar-refractivity contribution is 0.102. The van der Waals surface area contributed by atoms with Crippen LogP contribution in [0.4, 0.5) is 5.69 Å². The lowest BCUT2D eigenvalue weighted by atomic mass is 10.1. The highest BCUT2D eigenvalue weighted by Crippen LogP contribution is 2.38. The molecule has 0 fully saturated rings. The van der Waals surface area contributed by atoms with Crippen molar-refractivity contribution >= 4 is 11.6 Å². The van der Waals surface area contributed by atoms with Crippen molar-refractivity contribution in [1.29, 1.82) is 0 Å². The van der Waals surface area contributed by atoms with Gasteiger partial charge in [-0.1, -0.05) is 0 Å². The van der Waals surface area contributed by atoms with Gasteiger partial charge >= 0.3 is 0 Å². The van der Waals surface area contributed by atoms with Crippen molar-refractivity contribution in [1.82, 2.24) is 0 Å². The van der Waals surface area contributed by atoms with Gasteiger partial charge in [0.05, 0.1) is 26.5 Å². The molecule has 1 aliphatic heterocycles. The molecule has 6 heteroatoms. The smallest absolute Gasteiger partial charge is 0.256 e. The third-order valence-corrected chi connectivity index (χ3v) is 4.16. The molecule has 1 amide bonds. The maximum absolute atomic E-state index is 12.8. The number of benzene rings is 2. The van der Waals surface area contributed by atoms with Crippen molar-refractivity contribution in [2.75, 3.05) is 26.1 Å². The second-order valence-electron chi connectivity index (χ2n) is 6.08. The lowest BCUT2D eigenvalue weighted by Crippen LogP contribution is -2.13. The Hall–Kier alpha value is -2.89. The minimum absolute atomic E-state index is 0.119. The molecule has 0 bridgehead atoms. The first-order valence-electron chi connectivity index (χ1n) is 8.54. The molecular formula is C20H23NO5. The van der Waals surface area contributed by atoms with Gasteiger partial charge in [0.15, 0.2) is 0 Å². The maximum Gasteiger partial charge on any atom is 0.256 e. The SMILES string of the molecule is CCOc1cc2c(cc1NC(=O)c1cc(OC)cc(OC)c1)O[C@H](C)C2. The van der Waals surface area contributed by atoms with Crippen molar-refractivity contribution in [3.8, 4) is 23.0 Å². The van der Waals surface area contributed by atoms with Gasteiger partial charge in [0, 0.05) is 29.7 Å². The maximum atomic E-state index is 12.8. The van der Waals surface area contributed by atoms with Crippen LogP contribution in [0.2, 0.25) is 0 Å². The number of hydrogen-bond donors (Lipinski definition) is 1. The number of methoxy groups -OCH3 is 2. The van der Waals surface area contributed by atoms with Gasteiger partial charge in [0.25, 0.3) is 5.91 Å². The lowest BCUT2D eigenvalue weighted by Gasteiger charge is -2.14. The minimum Gasteiger partial charge on any atom is -0.497 e. The molecule has 2 aromatic carbocycles. The summed E-state index contributed by atoms with van der Waals surface area (Å²) in [6.07, 6.45) is 0.949. The first kappa shape index (κ1) is 17.9. The van der Waals surface area contributed by atoms with Gasteiger partial charge in [-0.25, -0.2) is 0 Å². The zero-order chi connectivity index (χ0) is 18.7. The van der Waals surface area contributed by atoms with E-state index in [9.17, 15) is 4.79 Å². The normalized spacial score (nSPS) is 15.0. The summed E-state index contributed by atoms with van der Waals surface area (Å²) in [5, 5.41) is 2.90. The van der Waals surface area contributed by atoms with Crippen molar-refractivity contribution in [2.24, 2.45) is 0 Å². The van der Waals surface area contributed by atoms with Gasteiger partial charge in [0.1, 0.15) is 29.1 Å². The summed E-state index contributed by atoms with van der Waals surface area (Å²) >= 11 is 0. The molecule has 1 N–H and O–H groups in total. The van der Waals surface area contributed by atoms with Gasteiger partial charge in [0.2, 0.25) is 0 Å². The van der Waals surface area contributed by atoms with Crippen LogP contribution in [0.15, 0.2) is 30.3 Å². The van der Waals surface area contributed by atoms with E-state index in [1.54, 1.807) is 32.4 Å². The molecule has 2 aromatic rings. The summed E-state index contributed by atoms with van der Waals surface area (Å²) in [5.41, 5.74) is 2.09. The highest BCUT2D eigenvalue weighted by atomic mass is 16.5. The third kappa shape index (κ3) is 3.69. The van der Waals surface area contributed by atoms with Gasteiger partial charge in [-0.3, -0.25) is 4.79 Å². The van der Waals surface area contributed by atoms with Crippen LogP contribution in [0.25, 0.3) is 0 Å². The zero-order valence-corrected chi connectivity index (χ0v) is 15.4. The summed E-state index contributed by atoms with van der Waals surface area (Å²) in [5.74, 6) is 2.22. The number of anilines is 1. The topological polar surface area (TPSA) is 66.0 Å². The molecule has 26 heavy (non-hydrogen) atoms. The molecule has 0 saturated carbocycles. The molecule has 0 radical (unpaired) electrons. The first-order valence-corrected chi connectivity index (χ1v) is 8.54. The Balaban J connectivity index is 1.91. The van der Waals surface area contributed by atoms with E-state index in [1.165, 1.54) is 0 Å². The van der Waals surface area contributed by atoms with E-state index < -0.39 is 0 Å². The summed E-state index contributed by atoms with van der Waals surface area (Å²) in [6.45, 7) is 4.43. The van der Waals surface area contributed by atoms with Crippen molar-refractivity contribution in [3.05, 3.63) is 41.5 Å². The second-order valence-corrected chi connectivity index (χ2v) is 6.08. The molecule has 1 heterocycles. The summed E-state index contributed by atoms with van der Waals surface area (Å²) in [7, 11) is 3.09. The van der Waals surface area contributed by atoms with E-state index in [2.05, 4.69) is 5.32 Å². The fourth-order valence-corrected chi connectivity index (χ4v) is 2.94. The standard InChI is InChI=1S/C20H23NO5/c1-5-25-19-9-13-6-12(2)26-18(13)11-17(19)21-20(22)14-7-15(23-3)10-16(8-14)24-4/h7-12H,5-6H2,1-4H3,(H,21,22)/t12-/m1/s1. The summed E-state index contributed by atoms with van der Waals surface area (Å²) in [6, 6.07) is 8.78. The Kier molecular flexibility index (Phi) is 5.21. The van der Waals surface area contributed by atoms with Crippen LogP contribution in [0, 0.1) is 0 Å². The molecule has 0 saturated heterocycles. The quantitative estimate of drug-likeness (QED) is 0.854. The van der Waals surface area contributed by atoms with Gasteiger partial charge in [-0.2, -0.15) is 0 Å². The molecule has 6 nitrogen and oxygen atoms in total. The highest BCUT2D eigenvalue weighted by molar-refractivity contribution is 6.05. The fourth-order valence-electron chi connectivity index (χ4n) is 2.94. The van der Waals surface area contributed by atoms with Crippen molar-refractivity contribution in [2.45, 2.75) is 26.4 Å². The van der Waals surface area contributed by atoms with Crippen molar-refractivity contribution < 1.29 is 23.7 Å². The van der Waals surface area contributed by atoms with E-state index in [0.717, 1.165) is 17.7 Å². The number of fused-ring (bicyclic) bond motifs is 1. The van der Waals surface area contributed by atoms with E-state index in [-0.39, 0.29) is 12.0 Å². The predicted octanol–water partition coefficient (Wildman–Crippen LogP) is 3.68. The average Bonchev–Trinajstić information content (AvgIpc) is 3.00. The first-order chi connectivity index (χ1) is 12.5. The predicted molar refractivity (Wildman–Crippen MR) is 98.9 cm³/mol. The molecule has 1 aliphatic rings. The van der Waals surface area contributed by atoms with Crippen LogP contribution in [0.3, 0.4) is 0 Å². The Morgan fingerprint density at radius 1 is 1.15 bits per heavy atom. The number of carbonyl (C=O) groups excluding carboxylic acids is 1. The van der Waals surface area contributed by atoms with E-state index in [1.807, 2.05) is 26.0 Å². The van der Waals surface area contributed by atoms with Crippen LogP contribution in [0.1, 0.15) is 29.8 Å². The molecule has 138 valence electrons. The zero-order valence-electron chi connectivity index (χ0n) is 15.4. The number of hydrogen-bond acceptors (Lipinski definition) is 5. The monoisotopic (exact) mass is 357 g/mol. The Morgan fingerprint density at radius 3 is 2.46 bits per heavy atom.